The van der Waals surface area contributed by atoms with E-state index in [-0.39, 0.29) is 11.6 Å². The Hall–Kier alpha value is -2.08. The van der Waals surface area contributed by atoms with Gasteiger partial charge in [0, 0.05) is 11.6 Å². The van der Waals surface area contributed by atoms with Crippen LogP contribution in [0.2, 0.25) is 0 Å². The smallest absolute Gasteiger partial charge is 0.408 e. The van der Waals surface area contributed by atoms with Crippen LogP contribution in [0.1, 0.15) is 37.7 Å². The highest BCUT2D eigenvalue weighted by Gasteiger charge is 2.31. The van der Waals surface area contributed by atoms with E-state index in [2.05, 4.69) is 5.48 Å². The Labute approximate surface area is 143 Å². The van der Waals surface area contributed by atoms with E-state index in [1.807, 2.05) is 0 Å². The molecule has 6 heteroatoms. The topological polar surface area (TPSA) is 21.3 Å². The van der Waals surface area contributed by atoms with Crippen LogP contribution in [-0.4, -0.2) is 6.04 Å². The fourth-order valence-electron chi connectivity index (χ4n) is 3.02. The summed E-state index contributed by atoms with van der Waals surface area (Å²) in [5.41, 5.74) is 2.94. The molecule has 1 N–H and O–H groups in total. The van der Waals surface area contributed by atoms with Gasteiger partial charge in [0.05, 0.1) is 5.56 Å². The lowest BCUT2D eigenvalue weighted by molar-refractivity contribution is -0.137. The first-order valence-electron chi connectivity index (χ1n) is 8.33. The molecule has 3 rings (SSSR count). The summed E-state index contributed by atoms with van der Waals surface area (Å²) in [5, 5.41) is 0. The SMILES string of the molecule is Fc1ccc(-c2cc(C(F)(F)F)ccc2ONC2CCCCC2)cc1. The van der Waals surface area contributed by atoms with Crippen LogP contribution in [0.5, 0.6) is 5.75 Å². The average molecular weight is 353 g/mol. The third-order valence-corrected chi connectivity index (χ3v) is 4.40. The van der Waals surface area contributed by atoms with Gasteiger partial charge in [-0.15, -0.1) is 0 Å². The quantitative estimate of drug-likeness (QED) is 0.560. The van der Waals surface area contributed by atoms with Crippen LogP contribution in [0.4, 0.5) is 17.6 Å². The average Bonchev–Trinajstić information content (AvgIpc) is 2.61. The van der Waals surface area contributed by atoms with Crippen molar-refractivity contribution < 1.29 is 22.4 Å². The van der Waals surface area contributed by atoms with E-state index in [0.717, 1.165) is 37.8 Å². The molecule has 25 heavy (non-hydrogen) atoms. The van der Waals surface area contributed by atoms with Crippen molar-refractivity contribution in [3.05, 3.63) is 53.8 Å². The van der Waals surface area contributed by atoms with Crippen LogP contribution in [-0.2, 0) is 6.18 Å². The number of nitrogens with one attached hydrogen (secondary N) is 1. The molecular weight excluding hydrogens is 334 g/mol. The molecule has 0 spiro atoms. The lowest BCUT2D eigenvalue weighted by atomic mass is 9.96. The minimum Gasteiger partial charge on any atom is -0.408 e. The molecule has 2 aromatic carbocycles. The van der Waals surface area contributed by atoms with Crippen LogP contribution in [0.15, 0.2) is 42.5 Å². The first kappa shape index (κ1) is 17.7. The van der Waals surface area contributed by atoms with Gasteiger partial charge in [0.25, 0.3) is 0 Å². The minimum atomic E-state index is -4.45. The first-order chi connectivity index (χ1) is 11.9. The number of benzene rings is 2. The minimum absolute atomic E-state index is 0.192. The number of rotatable bonds is 4. The monoisotopic (exact) mass is 353 g/mol. The van der Waals surface area contributed by atoms with Crippen LogP contribution >= 0.6 is 0 Å². The summed E-state index contributed by atoms with van der Waals surface area (Å²) in [4.78, 5) is 5.62. The van der Waals surface area contributed by atoms with E-state index in [1.54, 1.807) is 0 Å². The molecule has 0 saturated heterocycles. The van der Waals surface area contributed by atoms with Gasteiger partial charge in [0.2, 0.25) is 0 Å². The molecular formula is C19H19F4NO. The molecule has 0 aromatic heterocycles. The molecule has 0 atom stereocenters. The van der Waals surface area contributed by atoms with Gasteiger partial charge in [0.15, 0.2) is 5.75 Å². The van der Waals surface area contributed by atoms with Gasteiger partial charge in [-0.3, -0.25) is 0 Å². The summed E-state index contributed by atoms with van der Waals surface area (Å²) in [5.74, 6) is -0.149. The highest BCUT2D eigenvalue weighted by atomic mass is 19.4. The van der Waals surface area contributed by atoms with Gasteiger partial charge in [-0.2, -0.15) is 18.7 Å². The summed E-state index contributed by atoms with van der Waals surface area (Å²) in [6.07, 6.45) is 0.917. The molecule has 1 fully saturated rings. The van der Waals surface area contributed by atoms with Crippen molar-refractivity contribution >= 4 is 0 Å². The first-order valence-corrected chi connectivity index (χ1v) is 8.33. The number of hydroxylamine groups is 1. The molecule has 134 valence electrons. The second-order valence-electron chi connectivity index (χ2n) is 6.27. The van der Waals surface area contributed by atoms with Crippen molar-refractivity contribution in [2.45, 2.75) is 44.3 Å². The lowest BCUT2D eigenvalue weighted by Crippen LogP contribution is -2.33. The van der Waals surface area contributed by atoms with Crippen molar-refractivity contribution in [1.29, 1.82) is 0 Å². The highest BCUT2D eigenvalue weighted by Crippen LogP contribution is 2.37. The van der Waals surface area contributed by atoms with Crippen molar-refractivity contribution in [1.82, 2.24) is 5.48 Å². The van der Waals surface area contributed by atoms with E-state index in [4.69, 9.17) is 4.84 Å². The molecule has 0 unspecified atom stereocenters. The zero-order chi connectivity index (χ0) is 17.9. The molecule has 0 aliphatic heterocycles. The van der Waals surface area contributed by atoms with Gasteiger partial charge in [-0.25, -0.2) is 4.39 Å². The summed E-state index contributed by atoms with van der Waals surface area (Å²) in [7, 11) is 0. The molecule has 2 aromatic rings. The summed E-state index contributed by atoms with van der Waals surface area (Å²) >= 11 is 0. The van der Waals surface area contributed by atoms with E-state index in [9.17, 15) is 17.6 Å². The Morgan fingerprint density at radius 2 is 1.60 bits per heavy atom. The highest BCUT2D eigenvalue weighted by molar-refractivity contribution is 5.71. The van der Waals surface area contributed by atoms with Crippen LogP contribution in [0.3, 0.4) is 0 Å². The van der Waals surface area contributed by atoms with Crippen molar-refractivity contribution in [2.24, 2.45) is 0 Å². The predicted molar refractivity (Wildman–Crippen MR) is 87.5 cm³/mol. The Morgan fingerprint density at radius 3 is 2.24 bits per heavy atom. The largest absolute Gasteiger partial charge is 0.416 e. The van der Waals surface area contributed by atoms with Crippen molar-refractivity contribution in [3.8, 4) is 16.9 Å². The van der Waals surface area contributed by atoms with Crippen LogP contribution in [0.25, 0.3) is 11.1 Å². The zero-order valence-corrected chi connectivity index (χ0v) is 13.6. The molecule has 1 aliphatic carbocycles. The normalized spacial score (nSPS) is 16.0. The second-order valence-corrected chi connectivity index (χ2v) is 6.27. The van der Waals surface area contributed by atoms with E-state index in [0.29, 0.717) is 11.3 Å². The van der Waals surface area contributed by atoms with Gasteiger partial charge in [-0.1, -0.05) is 31.4 Å². The van der Waals surface area contributed by atoms with Gasteiger partial charge in [0.1, 0.15) is 5.82 Å². The fourth-order valence-corrected chi connectivity index (χ4v) is 3.02. The zero-order valence-electron chi connectivity index (χ0n) is 13.6. The Balaban J connectivity index is 1.88. The maximum absolute atomic E-state index is 13.1. The number of halogens is 4. The third-order valence-electron chi connectivity index (χ3n) is 4.40. The number of hydrogen-bond donors (Lipinski definition) is 1. The van der Waals surface area contributed by atoms with Gasteiger partial charge >= 0.3 is 6.18 Å². The Morgan fingerprint density at radius 1 is 0.920 bits per heavy atom. The van der Waals surface area contributed by atoms with E-state index < -0.39 is 17.6 Å². The standard InChI is InChI=1S/C19H19F4NO/c20-15-9-6-13(7-10-15)17-12-14(19(21,22)23)8-11-18(17)25-24-16-4-2-1-3-5-16/h6-12,16,24H,1-5H2. The van der Waals surface area contributed by atoms with E-state index >= 15 is 0 Å². The molecule has 0 radical (unpaired) electrons. The maximum atomic E-state index is 13.1. The Kier molecular flexibility index (Phi) is 5.27. The van der Waals surface area contributed by atoms with Crippen molar-refractivity contribution in [2.75, 3.05) is 0 Å². The predicted octanol–water partition coefficient (Wildman–Crippen LogP) is 5.73. The van der Waals surface area contributed by atoms with Gasteiger partial charge in [-0.05, 0) is 48.7 Å². The molecule has 0 amide bonds. The fraction of sp³-hybridized carbons (Fsp3) is 0.368. The molecule has 1 saturated carbocycles. The maximum Gasteiger partial charge on any atom is 0.416 e. The third kappa shape index (κ3) is 4.51. The summed E-state index contributed by atoms with van der Waals surface area (Å²) < 4.78 is 52.3. The van der Waals surface area contributed by atoms with Crippen LogP contribution < -0.4 is 10.3 Å². The Bertz CT molecular complexity index is 706. The molecule has 2 nitrogen and oxygen atoms in total. The van der Waals surface area contributed by atoms with Gasteiger partial charge < -0.3 is 4.84 Å². The number of hydrogen-bond acceptors (Lipinski definition) is 2. The summed E-state index contributed by atoms with van der Waals surface area (Å²) in [6, 6.07) is 8.84. The van der Waals surface area contributed by atoms with Crippen LogP contribution in [0, 0.1) is 5.82 Å². The number of alkyl halides is 3. The molecule has 0 bridgehead atoms. The second kappa shape index (κ2) is 7.44. The summed E-state index contributed by atoms with van der Waals surface area (Å²) in [6.45, 7) is 0. The van der Waals surface area contributed by atoms with Crippen molar-refractivity contribution in [3.63, 3.8) is 0 Å². The molecule has 0 heterocycles. The lowest BCUT2D eigenvalue weighted by Gasteiger charge is -2.23. The van der Waals surface area contributed by atoms with E-state index in [1.165, 1.54) is 36.8 Å². The molecule has 1 aliphatic rings.